The summed E-state index contributed by atoms with van der Waals surface area (Å²) in [5.41, 5.74) is 9.70. The maximum absolute atomic E-state index is 5.68. The molecule has 0 heterocycles. The van der Waals surface area contributed by atoms with E-state index in [9.17, 15) is 0 Å². The highest BCUT2D eigenvalue weighted by atomic mass is 14.6. The Hall–Kier alpha value is -1.60. The van der Waals surface area contributed by atoms with Crippen LogP contribution in [0.1, 0.15) is 17.9 Å². The summed E-state index contributed by atoms with van der Waals surface area (Å²) >= 11 is 0. The van der Waals surface area contributed by atoms with Gasteiger partial charge >= 0.3 is 0 Å². The summed E-state index contributed by atoms with van der Waals surface area (Å²) in [5, 5.41) is 0. The smallest absolute Gasteiger partial charge is 0.00428 e. The van der Waals surface area contributed by atoms with Crippen LogP contribution in [0.2, 0.25) is 0 Å². The second-order valence-corrected chi connectivity index (χ2v) is 4.83. The van der Waals surface area contributed by atoms with Gasteiger partial charge in [-0.2, -0.15) is 0 Å². The average molecular weight is 223 g/mol. The summed E-state index contributed by atoms with van der Waals surface area (Å²) in [6.45, 7) is 0.825. The molecule has 0 unspecified atom stereocenters. The summed E-state index contributed by atoms with van der Waals surface area (Å²) in [4.78, 5) is 0. The van der Waals surface area contributed by atoms with E-state index in [4.69, 9.17) is 5.73 Å². The molecule has 1 aliphatic carbocycles. The van der Waals surface area contributed by atoms with E-state index < -0.39 is 0 Å². The standard InChI is InChI=1S/C16H17N/c17-11-15-10-16(15)14-8-6-13(7-9-14)12-4-2-1-3-5-12/h1-9,15-16H,10-11,17H2/t15-,16-/m0/s1. The van der Waals surface area contributed by atoms with Crippen LogP contribution >= 0.6 is 0 Å². The maximum Gasteiger partial charge on any atom is -0.00428 e. The summed E-state index contributed by atoms with van der Waals surface area (Å²) in [6.07, 6.45) is 1.27. The lowest BCUT2D eigenvalue weighted by Gasteiger charge is -2.04. The van der Waals surface area contributed by atoms with Crippen LogP contribution < -0.4 is 5.73 Å². The molecule has 1 saturated carbocycles. The van der Waals surface area contributed by atoms with Crippen molar-refractivity contribution in [1.82, 2.24) is 0 Å². The van der Waals surface area contributed by atoms with Gasteiger partial charge in [-0.3, -0.25) is 0 Å². The molecule has 86 valence electrons. The van der Waals surface area contributed by atoms with Gasteiger partial charge in [0.05, 0.1) is 0 Å². The fourth-order valence-electron chi connectivity index (χ4n) is 2.47. The lowest BCUT2D eigenvalue weighted by molar-refractivity contribution is 0.810. The highest BCUT2D eigenvalue weighted by Gasteiger charge is 2.36. The number of hydrogen-bond acceptors (Lipinski definition) is 1. The first kappa shape index (κ1) is 10.5. The topological polar surface area (TPSA) is 26.0 Å². The molecule has 1 aliphatic rings. The molecular formula is C16H17N. The van der Waals surface area contributed by atoms with Crippen LogP contribution in [-0.4, -0.2) is 6.54 Å². The van der Waals surface area contributed by atoms with E-state index in [2.05, 4.69) is 48.5 Å². The van der Waals surface area contributed by atoms with Crippen LogP contribution in [0.3, 0.4) is 0 Å². The molecule has 0 amide bonds. The largest absolute Gasteiger partial charge is 0.330 e. The first-order chi connectivity index (χ1) is 8.38. The highest BCUT2D eigenvalue weighted by Crippen LogP contribution is 2.46. The van der Waals surface area contributed by atoms with Crippen LogP contribution in [0.15, 0.2) is 54.6 Å². The summed E-state index contributed by atoms with van der Waals surface area (Å²) in [6, 6.07) is 19.4. The van der Waals surface area contributed by atoms with Gasteiger partial charge in [0.1, 0.15) is 0 Å². The second kappa shape index (κ2) is 4.34. The molecule has 0 spiro atoms. The molecule has 2 atom stereocenters. The normalized spacial score (nSPS) is 22.4. The van der Waals surface area contributed by atoms with Gasteiger partial charge in [-0.15, -0.1) is 0 Å². The van der Waals surface area contributed by atoms with Gasteiger partial charge < -0.3 is 5.73 Å². The van der Waals surface area contributed by atoms with E-state index in [-0.39, 0.29) is 0 Å². The third-order valence-electron chi connectivity index (χ3n) is 3.67. The molecule has 1 fully saturated rings. The SMILES string of the molecule is NC[C@@H]1C[C@H]1c1ccc(-c2ccccc2)cc1. The van der Waals surface area contributed by atoms with Crippen molar-refractivity contribution in [3.63, 3.8) is 0 Å². The van der Waals surface area contributed by atoms with Crippen LogP contribution in [-0.2, 0) is 0 Å². The van der Waals surface area contributed by atoms with Crippen molar-refractivity contribution >= 4 is 0 Å². The molecule has 0 radical (unpaired) electrons. The van der Waals surface area contributed by atoms with Crippen molar-refractivity contribution in [2.75, 3.05) is 6.54 Å². The molecule has 2 aromatic rings. The van der Waals surface area contributed by atoms with Gasteiger partial charge in [-0.25, -0.2) is 0 Å². The fraction of sp³-hybridized carbons (Fsp3) is 0.250. The first-order valence-electron chi connectivity index (χ1n) is 6.24. The molecule has 1 nitrogen and oxygen atoms in total. The average Bonchev–Trinajstić information content (AvgIpc) is 3.19. The van der Waals surface area contributed by atoms with Gasteiger partial charge in [-0.1, -0.05) is 54.6 Å². The Balaban J connectivity index is 1.82. The van der Waals surface area contributed by atoms with Crippen molar-refractivity contribution in [3.8, 4) is 11.1 Å². The number of hydrogen-bond donors (Lipinski definition) is 1. The zero-order chi connectivity index (χ0) is 11.7. The highest BCUT2D eigenvalue weighted by molar-refractivity contribution is 5.63. The van der Waals surface area contributed by atoms with Gasteiger partial charge in [0.25, 0.3) is 0 Å². The van der Waals surface area contributed by atoms with Gasteiger partial charge in [0.2, 0.25) is 0 Å². The van der Waals surface area contributed by atoms with Gasteiger partial charge in [-0.05, 0) is 41.5 Å². The predicted molar refractivity (Wildman–Crippen MR) is 71.8 cm³/mol. The summed E-state index contributed by atoms with van der Waals surface area (Å²) < 4.78 is 0. The Kier molecular flexibility index (Phi) is 2.69. The van der Waals surface area contributed by atoms with Crippen LogP contribution in [0.25, 0.3) is 11.1 Å². The molecule has 0 bridgehead atoms. The molecule has 2 aromatic carbocycles. The van der Waals surface area contributed by atoms with E-state index in [0.29, 0.717) is 5.92 Å². The van der Waals surface area contributed by atoms with Crippen molar-refractivity contribution in [3.05, 3.63) is 60.2 Å². The Morgan fingerprint density at radius 1 is 0.882 bits per heavy atom. The van der Waals surface area contributed by atoms with Crippen molar-refractivity contribution in [2.45, 2.75) is 12.3 Å². The maximum atomic E-state index is 5.68. The lowest BCUT2D eigenvalue weighted by atomic mass is 10.0. The summed E-state index contributed by atoms with van der Waals surface area (Å²) in [7, 11) is 0. The fourth-order valence-corrected chi connectivity index (χ4v) is 2.47. The van der Waals surface area contributed by atoms with E-state index in [1.807, 2.05) is 6.07 Å². The Morgan fingerprint density at radius 2 is 1.53 bits per heavy atom. The zero-order valence-electron chi connectivity index (χ0n) is 9.84. The monoisotopic (exact) mass is 223 g/mol. The number of rotatable bonds is 3. The third kappa shape index (κ3) is 2.11. The molecule has 0 saturated heterocycles. The predicted octanol–water partition coefficient (Wildman–Crippen LogP) is 3.42. The van der Waals surface area contributed by atoms with Crippen LogP contribution in [0.4, 0.5) is 0 Å². The second-order valence-electron chi connectivity index (χ2n) is 4.83. The first-order valence-corrected chi connectivity index (χ1v) is 6.24. The number of nitrogens with two attached hydrogens (primary N) is 1. The van der Waals surface area contributed by atoms with E-state index in [0.717, 1.165) is 12.5 Å². The van der Waals surface area contributed by atoms with E-state index in [1.165, 1.54) is 23.1 Å². The van der Waals surface area contributed by atoms with Gasteiger partial charge in [0, 0.05) is 0 Å². The number of benzene rings is 2. The Bertz CT molecular complexity index is 487. The molecular weight excluding hydrogens is 206 g/mol. The van der Waals surface area contributed by atoms with E-state index in [1.54, 1.807) is 0 Å². The van der Waals surface area contributed by atoms with Crippen LogP contribution in [0.5, 0.6) is 0 Å². The van der Waals surface area contributed by atoms with E-state index >= 15 is 0 Å². The molecule has 1 heteroatoms. The van der Waals surface area contributed by atoms with Crippen molar-refractivity contribution in [1.29, 1.82) is 0 Å². The van der Waals surface area contributed by atoms with Crippen molar-refractivity contribution in [2.24, 2.45) is 11.7 Å². The Morgan fingerprint density at radius 3 is 2.12 bits per heavy atom. The van der Waals surface area contributed by atoms with Crippen molar-refractivity contribution < 1.29 is 0 Å². The minimum Gasteiger partial charge on any atom is -0.330 e. The Labute approximate surface area is 102 Å². The minimum atomic E-state index is 0.713. The molecule has 17 heavy (non-hydrogen) atoms. The molecule has 2 N–H and O–H groups in total. The quantitative estimate of drug-likeness (QED) is 0.847. The third-order valence-corrected chi connectivity index (χ3v) is 3.67. The molecule has 0 aliphatic heterocycles. The molecule has 0 aromatic heterocycles. The van der Waals surface area contributed by atoms with Gasteiger partial charge in [0.15, 0.2) is 0 Å². The molecule has 3 rings (SSSR count). The zero-order valence-corrected chi connectivity index (χ0v) is 9.84. The summed E-state index contributed by atoms with van der Waals surface area (Å²) in [5.74, 6) is 1.43. The lowest BCUT2D eigenvalue weighted by Crippen LogP contribution is -2.01. The minimum absolute atomic E-state index is 0.713. The van der Waals surface area contributed by atoms with Crippen LogP contribution in [0, 0.1) is 5.92 Å².